The van der Waals surface area contributed by atoms with Crippen LogP contribution in [0.5, 0.6) is 0 Å². The van der Waals surface area contributed by atoms with Crippen LogP contribution < -0.4 is 0 Å². The Balaban J connectivity index is 1.67. The van der Waals surface area contributed by atoms with E-state index in [4.69, 9.17) is 0 Å². The van der Waals surface area contributed by atoms with Crippen LogP contribution >= 0.6 is 11.3 Å². The Morgan fingerprint density at radius 2 is 2.00 bits per heavy atom. The molecule has 2 nitrogen and oxygen atoms in total. The molecule has 0 saturated carbocycles. The number of hydrogen-bond acceptors (Lipinski definition) is 3. The molecule has 0 spiro atoms. The van der Waals surface area contributed by atoms with Gasteiger partial charge >= 0.3 is 0 Å². The van der Waals surface area contributed by atoms with Crippen LogP contribution in [0.1, 0.15) is 49.3 Å². The maximum absolute atomic E-state index is 2.76. The van der Waals surface area contributed by atoms with Gasteiger partial charge in [0.2, 0.25) is 0 Å². The van der Waals surface area contributed by atoms with Crippen LogP contribution in [-0.2, 0) is 13.0 Å². The smallest absolute Gasteiger partial charge is 0.0332 e. The molecular formula is C17H28N2S. The zero-order valence-corrected chi connectivity index (χ0v) is 13.8. The molecule has 1 aromatic heterocycles. The van der Waals surface area contributed by atoms with Crippen molar-refractivity contribution in [2.24, 2.45) is 0 Å². The third kappa shape index (κ3) is 3.10. The summed E-state index contributed by atoms with van der Waals surface area (Å²) < 4.78 is 0. The Hall–Kier alpha value is -0.380. The number of piperazine rings is 1. The number of nitrogens with zero attached hydrogens (tertiary/aromatic N) is 2. The largest absolute Gasteiger partial charge is 0.298 e. The van der Waals surface area contributed by atoms with Gasteiger partial charge < -0.3 is 0 Å². The minimum absolute atomic E-state index is 0.761. The average molecular weight is 292 g/mol. The predicted octanol–water partition coefficient (Wildman–Crippen LogP) is 3.76. The van der Waals surface area contributed by atoms with E-state index in [9.17, 15) is 0 Å². The molecule has 2 atom stereocenters. The van der Waals surface area contributed by atoms with E-state index in [2.05, 4.69) is 35.8 Å². The van der Waals surface area contributed by atoms with Crippen LogP contribution in [0.15, 0.2) is 12.1 Å². The molecule has 2 saturated heterocycles. The van der Waals surface area contributed by atoms with Crippen molar-refractivity contribution in [3.63, 3.8) is 0 Å². The number of hydrogen-bond donors (Lipinski definition) is 0. The second-order valence-electron chi connectivity index (χ2n) is 6.36. The molecule has 0 N–H and O–H groups in total. The second kappa shape index (κ2) is 6.59. The fourth-order valence-corrected chi connectivity index (χ4v) is 4.78. The highest BCUT2D eigenvalue weighted by atomic mass is 32.1. The maximum Gasteiger partial charge on any atom is 0.0332 e. The second-order valence-corrected chi connectivity index (χ2v) is 7.61. The molecule has 112 valence electrons. The van der Waals surface area contributed by atoms with Gasteiger partial charge in [-0.15, -0.1) is 11.3 Å². The van der Waals surface area contributed by atoms with Gasteiger partial charge in [-0.3, -0.25) is 9.80 Å². The van der Waals surface area contributed by atoms with Crippen LogP contribution in [0.3, 0.4) is 0 Å². The van der Waals surface area contributed by atoms with Gasteiger partial charge in [0.05, 0.1) is 0 Å². The number of rotatable bonds is 4. The van der Waals surface area contributed by atoms with E-state index < -0.39 is 0 Å². The Morgan fingerprint density at radius 1 is 1.15 bits per heavy atom. The van der Waals surface area contributed by atoms with Crippen LogP contribution in [-0.4, -0.2) is 41.5 Å². The summed E-state index contributed by atoms with van der Waals surface area (Å²) in [4.78, 5) is 8.62. The Kier molecular flexibility index (Phi) is 4.79. The number of piperidine rings is 1. The average Bonchev–Trinajstić information content (AvgIpc) is 2.94. The third-order valence-corrected chi connectivity index (χ3v) is 6.27. The fourth-order valence-electron chi connectivity index (χ4n) is 3.79. The predicted molar refractivity (Wildman–Crippen MR) is 87.4 cm³/mol. The van der Waals surface area contributed by atoms with Crippen molar-refractivity contribution in [1.29, 1.82) is 0 Å². The molecule has 2 aliphatic rings. The normalized spacial score (nSPS) is 28.5. The molecule has 2 fully saturated rings. The number of fused-ring (bicyclic) bond motifs is 1. The molecule has 0 amide bonds. The quantitative estimate of drug-likeness (QED) is 0.834. The highest BCUT2D eigenvalue weighted by Gasteiger charge is 2.34. The lowest BCUT2D eigenvalue weighted by atomic mass is 9.96. The van der Waals surface area contributed by atoms with Crippen molar-refractivity contribution in [3.05, 3.63) is 21.9 Å². The first-order valence-corrected chi connectivity index (χ1v) is 9.17. The first-order chi connectivity index (χ1) is 9.80. The van der Waals surface area contributed by atoms with Gasteiger partial charge in [0, 0.05) is 41.5 Å². The van der Waals surface area contributed by atoms with Gasteiger partial charge in [0.1, 0.15) is 0 Å². The summed E-state index contributed by atoms with van der Waals surface area (Å²) in [5, 5.41) is 0. The van der Waals surface area contributed by atoms with Gasteiger partial charge in [0.15, 0.2) is 0 Å². The summed E-state index contributed by atoms with van der Waals surface area (Å²) >= 11 is 2.01. The Labute approximate surface area is 127 Å². The van der Waals surface area contributed by atoms with E-state index in [-0.39, 0.29) is 0 Å². The van der Waals surface area contributed by atoms with Gasteiger partial charge in [0.25, 0.3) is 0 Å². The molecule has 0 aliphatic carbocycles. The summed E-state index contributed by atoms with van der Waals surface area (Å²) in [6.07, 6.45) is 6.73. The van der Waals surface area contributed by atoms with E-state index >= 15 is 0 Å². The molecule has 3 rings (SSSR count). The topological polar surface area (TPSA) is 6.48 Å². The standard InChI is InChI=1S/C17H28N2S/c1-3-14-11-18-10-6-5-7-15(18)12-19(14)13-17-9-8-16(4-2)20-17/h8-9,14-15H,3-7,10-13H2,1-2H3. The van der Waals surface area contributed by atoms with Crippen LogP contribution in [0, 0.1) is 0 Å². The van der Waals surface area contributed by atoms with E-state index in [0.717, 1.165) is 12.1 Å². The van der Waals surface area contributed by atoms with Crippen LogP contribution in [0.2, 0.25) is 0 Å². The third-order valence-electron chi connectivity index (χ3n) is 5.05. The zero-order valence-electron chi connectivity index (χ0n) is 13.0. The summed E-state index contributed by atoms with van der Waals surface area (Å²) in [5.41, 5.74) is 0. The van der Waals surface area contributed by atoms with Crippen molar-refractivity contribution >= 4 is 11.3 Å². The fraction of sp³-hybridized carbons (Fsp3) is 0.765. The molecule has 2 unspecified atom stereocenters. The van der Waals surface area contributed by atoms with Crippen molar-refractivity contribution in [2.45, 2.75) is 64.6 Å². The molecule has 0 aromatic carbocycles. The van der Waals surface area contributed by atoms with Crippen molar-refractivity contribution < 1.29 is 0 Å². The Bertz CT molecular complexity index is 428. The minimum atomic E-state index is 0.761. The molecule has 2 aliphatic heterocycles. The Morgan fingerprint density at radius 3 is 2.75 bits per heavy atom. The SMILES string of the molecule is CCc1ccc(CN2CC3CCCCN3CC2CC)s1. The lowest BCUT2D eigenvalue weighted by Crippen LogP contribution is -2.58. The van der Waals surface area contributed by atoms with E-state index in [1.165, 1.54) is 63.2 Å². The van der Waals surface area contributed by atoms with Crippen molar-refractivity contribution in [3.8, 4) is 0 Å². The zero-order chi connectivity index (χ0) is 13.9. The van der Waals surface area contributed by atoms with Gasteiger partial charge in [-0.05, 0) is 44.4 Å². The first kappa shape index (κ1) is 14.6. The van der Waals surface area contributed by atoms with Crippen molar-refractivity contribution in [2.75, 3.05) is 19.6 Å². The molecule has 3 heterocycles. The molecule has 0 bridgehead atoms. The highest BCUT2D eigenvalue weighted by molar-refractivity contribution is 7.11. The molecule has 20 heavy (non-hydrogen) atoms. The lowest BCUT2D eigenvalue weighted by Gasteiger charge is -2.48. The monoisotopic (exact) mass is 292 g/mol. The summed E-state index contributed by atoms with van der Waals surface area (Å²) in [7, 11) is 0. The van der Waals surface area contributed by atoms with Gasteiger partial charge in [-0.25, -0.2) is 0 Å². The molecule has 1 aromatic rings. The minimum Gasteiger partial charge on any atom is -0.298 e. The van der Waals surface area contributed by atoms with E-state index in [0.29, 0.717) is 0 Å². The lowest BCUT2D eigenvalue weighted by molar-refractivity contribution is 0.00376. The summed E-state index contributed by atoms with van der Waals surface area (Å²) in [5.74, 6) is 0. The van der Waals surface area contributed by atoms with Crippen molar-refractivity contribution in [1.82, 2.24) is 9.80 Å². The first-order valence-electron chi connectivity index (χ1n) is 8.35. The number of aryl methyl sites for hydroxylation is 1. The highest BCUT2D eigenvalue weighted by Crippen LogP contribution is 2.28. The molecule has 0 radical (unpaired) electrons. The summed E-state index contributed by atoms with van der Waals surface area (Å²) in [6.45, 7) is 9.71. The van der Waals surface area contributed by atoms with E-state index in [1.54, 1.807) is 4.88 Å². The molecular weight excluding hydrogens is 264 g/mol. The number of thiophene rings is 1. The van der Waals surface area contributed by atoms with Crippen LogP contribution in [0.25, 0.3) is 0 Å². The maximum atomic E-state index is 2.76. The van der Waals surface area contributed by atoms with Crippen LogP contribution in [0.4, 0.5) is 0 Å². The van der Waals surface area contributed by atoms with Gasteiger partial charge in [-0.2, -0.15) is 0 Å². The van der Waals surface area contributed by atoms with E-state index in [1.807, 2.05) is 11.3 Å². The van der Waals surface area contributed by atoms with Gasteiger partial charge in [-0.1, -0.05) is 20.3 Å². The summed E-state index contributed by atoms with van der Waals surface area (Å²) in [6, 6.07) is 6.26. The molecule has 3 heteroatoms.